The van der Waals surface area contributed by atoms with Gasteiger partial charge in [-0.2, -0.15) is 0 Å². The molecule has 0 atom stereocenters. The molecule has 0 fully saturated rings. The molecule has 0 radical (unpaired) electrons. The average molecular weight is 292 g/mol. The number of hydrogen-bond donors (Lipinski definition) is 3. The summed E-state index contributed by atoms with van der Waals surface area (Å²) in [5.74, 6) is -1.68. The van der Waals surface area contributed by atoms with Crippen LogP contribution in [0, 0.1) is 6.92 Å². The van der Waals surface area contributed by atoms with Crippen molar-refractivity contribution in [3.8, 4) is 5.75 Å². The number of phenols is 1. The number of thiazole rings is 1. The van der Waals surface area contributed by atoms with E-state index >= 15 is 0 Å². The van der Waals surface area contributed by atoms with Gasteiger partial charge in [-0.3, -0.25) is 4.79 Å². The molecular weight excluding hydrogens is 280 g/mol. The molecule has 0 bridgehead atoms. The number of rotatable bonds is 4. The molecule has 3 N–H and O–H groups in total. The van der Waals surface area contributed by atoms with E-state index in [1.807, 2.05) is 6.92 Å². The molecule has 0 spiro atoms. The summed E-state index contributed by atoms with van der Waals surface area (Å²) in [6.45, 7) is 1.84. The Bertz CT molecular complexity index is 666. The van der Waals surface area contributed by atoms with Crippen LogP contribution < -0.4 is 5.32 Å². The molecule has 1 aromatic heterocycles. The second kappa shape index (κ2) is 5.70. The predicted octanol–water partition coefficient (Wildman–Crippen LogP) is 2.04. The fourth-order valence-corrected chi connectivity index (χ4v) is 2.23. The summed E-state index contributed by atoms with van der Waals surface area (Å²) >= 11 is 1.44. The number of aromatic carboxylic acids is 1. The van der Waals surface area contributed by atoms with Crippen molar-refractivity contribution < 1.29 is 19.8 Å². The maximum atomic E-state index is 11.8. The number of anilines is 1. The molecule has 0 saturated heterocycles. The number of amides is 1. The van der Waals surface area contributed by atoms with Crippen molar-refractivity contribution in [1.29, 1.82) is 0 Å². The molecule has 2 rings (SSSR count). The summed E-state index contributed by atoms with van der Waals surface area (Å²) < 4.78 is 0. The van der Waals surface area contributed by atoms with Crippen molar-refractivity contribution in [2.24, 2.45) is 0 Å². The first kappa shape index (κ1) is 14.0. The van der Waals surface area contributed by atoms with Gasteiger partial charge in [0, 0.05) is 5.38 Å². The van der Waals surface area contributed by atoms with Gasteiger partial charge >= 0.3 is 5.97 Å². The van der Waals surface area contributed by atoms with Crippen LogP contribution in [-0.4, -0.2) is 27.1 Å². The standard InChI is InChI=1S/C13H12N2O4S/c1-7-14-9(6-20-7)5-12(17)15-10-4-8(13(18)19)2-3-11(10)16/h2-4,6,16H,5H2,1H3,(H,15,17)(H,18,19). The molecule has 0 unspecified atom stereocenters. The number of aromatic hydroxyl groups is 1. The summed E-state index contributed by atoms with van der Waals surface area (Å²) in [5, 5.41) is 23.6. The number of hydrogen-bond acceptors (Lipinski definition) is 5. The zero-order valence-corrected chi connectivity index (χ0v) is 11.4. The van der Waals surface area contributed by atoms with E-state index in [0.717, 1.165) is 5.01 Å². The van der Waals surface area contributed by atoms with Gasteiger partial charge in [0.1, 0.15) is 5.75 Å². The highest BCUT2D eigenvalue weighted by Gasteiger charge is 2.12. The van der Waals surface area contributed by atoms with Gasteiger partial charge in [-0.15, -0.1) is 11.3 Å². The highest BCUT2D eigenvalue weighted by atomic mass is 32.1. The van der Waals surface area contributed by atoms with Crippen molar-refractivity contribution in [3.05, 3.63) is 39.8 Å². The van der Waals surface area contributed by atoms with Crippen LogP contribution in [0.4, 0.5) is 5.69 Å². The smallest absolute Gasteiger partial charge is 0.335 e. The minimum absolute atomic E-state index is 0.0115. The topological polar surface area (TPSA) is 99.5 Å². The highest BCUT2D eigenvalue weighted by molar-refractivity contribution is 7.09. The van der Waals surface area contributed by atoms with Crippen LogP contribution >= 0.6 is 11.3 Å². The van der Waals surface area contributed by atoms with E-state index in [4.69, 9.17) is 5.11 Å². The van der Waals surface area contributed by atoms with Crippen LogP contribution in [0.15, 0.2) is 23.6 Å². The van der Waals surface area contributed by atoms with Crippen molar-refractivity contribution >= 4 is 28.9 Å². The fraction of sp³-hybridized carbons (Fsp3) is 0.154. The lowest BCUT2D eigenvalue weighted by atomic mass is 10.2. The number of phenolic OH excluding ortho intramolecular Hbond substituents is 1. The number of nitrogens with zero attached hydrogens (tertiary/aromatic N) is 1. The van der Waals surface area contributed by atoms with Gasteiger partial charge in [0.2, 0.25) is 5.91 Å². The highest BCUT2D eigenvalue weighted by Crippen LogP contribution is 2.24. The van der Waals surface area contributed by atoms with Crippen LogP contribution in [0.3, 0.4) is 0 Å². The third-order valence-electron chi connectivity index (χ3n) is 2.53. The van der Waals surface area contributed by atoms with Gasteiger partial charge in [-0.25, -0.2) is 9.78 Å². The van der Waals surface area contributed by atoms with Crippen LogP contribution in [0.1, 0.15) is 21.1 Å². The van der Waals surface area contributed by atoms with Gasteiger partial charge in [-0.1, -0.05) is 0 Å². The number of carbonyl (C=O) groups excluding carboxylic acids is 1. The van der Waals surface area contributed by atoms with E-state index in [2.05, 4.69) is 10.3 Å². The Kier molecular flexibility index (Phi) is 3.99. The number of carboxylic acid groups (broad SMARTS) is 1. The van der Waals surface area contributed by atoms with Crippen LogP contribution in [0.5, 0.6) is 5.75 Å². The number of carboxylic acids is 1. The number of carbonyl (C=O) groups is 2. The molecular formula is C13H12N2O4S. The fourth-order valence-electron chi connectivity index (χ4n) is 1.62. The molecule has 1 heterocycles. The molecule has 1 amide bonds. The van der Waals surface area contributed by atoms with Gasteiger partial charge < -0.3 is 15.5 Å². The molecule has 2 aromatic rings. The normalized spacial score (nSPS) is 10.2. The molecule has 0 aliphatic carbocycles. The number of benzene rings is 1. The Morgan fingerprint density at radius 3 is 2.75 bits per heavy atom. The third-order valence-corrected chi connectivity index (χ3v) is 3.35. The van der Waals surface area contributed by atoms with E-state index in [-0.39, 0.29) is 29.3 Å². The Morgan fingerprint density at radius 2 is 2.15 bits per heavy atom. The van der Waals surface area contributed by atoms with E-state index in [0.29, 0.717) is 5.69 Å². The summed E-state index contributed by atoms with van der Waals surface area (Å²) in [6.07, 6.45) is 0.0705. The lowest BCUT2D eigenvalue weighted by molar-refractivity contribution is -0.115. The minimum Gasteiger partial charge on any atom is -0.506 e. The van der Waals surface area contributed by atoms with E-state index in [1.165, 1.54) is 29.5 Å². The van der Waals surface area contributed by atoms with Gasteiger partial charge in [0.15, 0.2) is 0 Å². The molecule has 0 aliphatic heterocycles. The van der Waals surface area contributed by atoms with Crippen molar-refractivity contribution in [1.82, 2.24) is 4.98 Å². The first-order chi connectivity index (χ1) is 9.45. The van der Waals surface area contributed by atoms with Crippen LogP contribution in [0.25, 0.3) is 0 Å². The maximum Gasteiger partial charge on any atom is 0.335 e. The van der Waals surface area contributed by atoms with Crippen molar-refractivity contribution in [2.45, 2.75) is 13.3 Å². The van der Waals surface area contributed by atoms with Gasteiger partial charge in [0.05, 0.1) is 28.4 Å². The van der Waals surface area contributed by atoms with Crippen LogP contribution in [0.2, 0.25) is 0 Å². The molecule has 0 aliphatic rings. The lowest BCUT2D eigenvalue weighted by Gasteiger charge is -2.07. The molecule has 0 saturated carbocycles. The van der Waals surface area contributed by atoms with E-state index in [1.54, 1.807) is 5.38 Å². The molecule has 1 aromatic carbocycles. The molecule has 7 heteroatoms. The SMILES string of the molecule is Cc1nc(CC(=O)Nc2cc(C(=O)O)ccc2O)cs1. The Labute approximate surface area is 118 Å². The minimum atomic E-state index is -1.13. The van der Waals surface area contributed by atoms with Crippen molar-refractivity contribution in [3.63, 3.8) is 0 Å². The quantitative estimate of drug-likeness (QED) is 0.749. The lowest BCUT2D eigenvalue weighted by Crippen LogP contribution is -2.15. The number of aryl methyl sites for hydroxylation is 1. The third kappa shape index (κ3) is 3.33. The monoisotopic (exact) mass is 292 g/mol. The molecule has 6 nitrogen and oxygen atoms in total. The summed E-state index contributed by atoms with van der Waals surface area (Å²) in [7, 11) is 0. The molecule has 104 valence electrons. The average Bonchev–Trinajstić information content (AvgIpc) is 2.77. The van der Waals surface area contributed by atoms with Crippen LogP contribution in [-0.2, 0) is 11.2 Å². The first-order valence-corrected chi connectivity index (χ1v) is 6.61. The Morgan fingerprint density at radius 1 is 1.40 bits per heavy atom. The summed E-state index contributed by atoms with van der Waals surface area (Å²) in [6, 6.07) is 3.70. The number of nitrogens with one attached hydrogen (secondary N) is 1. The van der Waals surface area contributed by atoms with E-state index in [9.17, 15) is 14.7 Å². The van der Waals surface area contributed by atoms with E-state index < -0.39 is 5.97 Å². The predicted molar refractivity (Wildman–Crippen MR) is 74.3 cm³/mol. The zero-order chi connectivity index (χ0) is 14.7. The zero-order valence-electron chi connectivity index (χ0n) is 10.6. The first-order valence-electron chi connectivity index (χ1n) is 5.73. The second-order valence-electron chi connectivity index (χ2n) is 4.12. The second-order valence-corrected chi connectivity index (χ2v) is 5.18. The maximum absolute atomic E-state index is 11.8. The van der Waals surface area contributed by atoms with Gasteiger partial charge in [-0.05, 0) is 25.1 Å². The van der Waals surface area contributed by atoms with Crippen molar-refractivity contribution in [2.75, 3.05) is 5.32 Å². The molecule has 20 heavy (non-hydrogen) atoms. The Hall–Kier alpha value is -2.41. The summed E-state index contributed by atoms with van der Waals surface area (Å²) in [4.78, 5) is 26.8. The van der Waals surface area contributed by atoms with Gasteiger partial charge in [0.25, 0.3) is 0 Å². The summed E-state index contributed by atoms with van der Waals surface area (Å²) in [5.41, 5.74) is 0.698. The largest absolute Gasteiger partial charge is 0.506 e. The Balaban J connectivity index is 2.11. The number of aromatic nitrogens is 1.